The lowest BCUT2D eigenvalue weighted by Gasteiger charge is -2.08. The van der Waals surface area contributed by atoms with E-state index in [2.05, 4.69) is 0 Å². The van der Waals surface area contributed by atoms with Crippen LogP contribution in [0.2, 0.25) is 0 Å². The van der Waals surface area contributed by atoms with Gasteiger partial charge in [-0.05, 0) is 6.42 Å². The SMILES string of the molecule is C[C@@H](C[CH]C(=O)N(C)C#N)C(N)=O. The molecule has 1 atom stereocenters. The Morgan fingerprint density at radius 3 is 2.62 bits per heavy atom. The highest BCUT2D eigenvalue weighted by Gasteiger charge is 2.13. The van der Waals surface area contributed by atoms with Crippen molar-refractivity contribution in [3.63, 3.8) is 0 Å². The fourth-order valence-electron chi connectivity index (χ4n) is 0.580. The molecular formula is C8H12N3O2. The summed E-state index contributed by atoms with van der Waals surface area (Å²) >= 11 is 0. The second-order valence-electron chi connectivity index (χ2n) is 2.74. The molecule has 2 amide bonds. The fraction of sp³-hybridized carbons (Fsp3) is 0.500. The molecule has 2 N–H and O–H groups in total. The second-order valence-corrected chi connectivity index (χ2v) is 2.74. The highest BCUT2D eigenvalue weighted by atomic mass is 16.2. The molecular weight excluding hydrogens is 170 g/mol. The number of nitrogens with two attached hydrogens (primary N) is 1. The first-order valence-corrected chi connectivity index (χ1v) is 3.79. The molecule has 0 unspecified atom stereocenters. The average Bonchev–Trinajstić information content (AvgIpc) is 2.11. The van der Waals surface area contributed by atoms with E-state index >= 15 is 0 Å². The van der Waals surface area contributed by atoms with Crippen molar-refractivity contribution >= 4 is 11.8 Å². The summed E-state index contributed by atoms with van der Waals surface area (Å²) in [7, 11) is 1.35. The third-order valence-corrected chi connectivity index (χ3v) is 1.61. The lowest BCUT2D eigenvalue weighted by Crippen LogP contribution is -2.25. The lowest BCUT2D eigenvalue weighted by atomic mass is 10.1. The van der Waals surface area contributed by atoms with Gasteiger partial charge in [0.2, 0.25) is 11.8 Å². The Morgan fingerprint density at radius 1 is 1.69 bits per heavy atom. The second kappa shape index (κ2) is 5.14. The predicted octanol–water partition coefficient (Wildman–Crippen LogP) is -0.358. The van der Waals surface area contributed by atoms with Gasteiger partial charge in [-0.25, -0.2) is 0 Å². The van der Waals surface area contributed by atoms with Crippen LogP contribution in [0.3, 0.4) is 0 Å². The Balaban J connectivity index is 3.85. The van der Waals surface area contributed by atoms with E-state index in [-0.39, 0.29) is 12.3 Å². The highest BCUT2D eigenvalue weighted by Crippen LogP contribution is 2.04. The molecule has 5 heteroatoms. The molecule has 0 aliphatic carbocycles. The van der Waals surface area contributed by atoms with Gasteiger partial charge in [-0.1, -0.05) is 6.92 Å². The topological polar surface area (TPSA) is 87.2 Å². The van der Waals surface area contributed by atoms with Crippen molar-refractivity contribution in [1.29, 1.82) is 5.26 Å². The summed E-state index contributed by atoms with van der Waals surface area (Å²) in [5.74, 6) is -1.25. The molecule has 0 heterocycles. The smallest absolute Gasteiger partial charge is 0.239 e. The van der Waals surface area contributed by atoms with Crippen LogP contribution in [0.15, 0.2) is 0 Å². The number of hydrogen-bond donors (Lipinski definition) is 1. The van der Waals surface area contributed by atoms with E-state index in [0.29, 0.717) is 0 Å². The van der Waals surface area contributed by atoms with Crippen molar-refractivity contribution in [2.45, 2.75) is 13.3 Å². The van der Waals surface area contributed by atoms with Crippen LogP contribution in [0, 0.1) is 23.8 Å². The molecule has 0 saturated carbocycles. The van der Waals surface area contributed by atoms with Crippen LogP contribution in [0.1, 0.15) is 13.3 Å². The maximum absolute atomic E-state index is 11.0. The van der Waals surface area contributed by atoms with Gasteiger partial charge in [-0.2, -0.15) is 5.26 Å². The van der Waals surface area contributed by atoms with E-state index in [1.165, 1.54) is 13.5 Å². The largest absolute Gasteiger partial charge is 0.369 e. The Bertz CT molecular complexity index is 244. The fourth-order valence-corrected chi connectivity index (χ4v) is 0.580. The van der Waals surface area contributed by atoms with Crippen LogP contribution in [-0.4, -0.2) is 23.8 Å². The van der Waals surface area contributed by atoms with Crippen molar-refractivity contribution in [3.05, 3.63) is 6.42 Å². The normalized spacial score (nSPS) is 11.5. The van der Waals surface area contributed by atoms with E-state index in [0.717, 1.165) is 4.90 Å². The maximum Gasteiger partial charge on any atom is 0.239 e. The summed E-state index contributed by atoms with van der Waals surface area (Å²) in [6.07, 6.45) is 3.19. The van der Waals surface area contributed by atoms with E-state index < -0.39 is 11.8 Å². The van der Waals surface area contributed by atoms with E-state index in [9.17, 15) is 9.59 Å². The maximum atomic E-state index is 11.0. The molecule has 0 aromatic heterocycles. The quantitative estimate of drug-likeness (QED) is 0.475. The number of amides is 2. The lowest BCUT2D eigenvalue weighted by molar-refractivity contribution is -0.124. The van der Waals surface area contributed by atoms with Gasteiger partial charge in [-0.15, -0.1) is 0 Å². The molecule has 13 heavy (non-hydrogen) atoms. The average molecular weight is 182 g/mol. The molecule has 1 radical (unpaired) electrons. The van der Waals surface area contributed by atoms with Crippen molar-refractivity contribution in [2.75, 3.05) is 7.05 Å². The summed E-state index contributed by atoms with van der Waals surface area (Å²) in [4.78, 5) is 22.4. The molecule has 0 rings (SSSR count). The number of carbonyl (C=O) groups is 2. The molecule has 0 aliphatic rings. The van der Waals surface area contributed by atoms with Gasteiger partial charge in [0.15, 0.2) is 6.19 Å². The van der Waals surface area contributed by atoms with Gasteiger partial charge >= 0.3 is 0 Å². The Kier molecular flexibility index (Phi) is 4.52. The summed E-state index contributed by atoms with van der Waals surface area (Å²) in [5, 5.41) is 8.32. The highest BCUT2D eigenvalue weighted by molar-refractivity contribution is 5.86. The molecule has 0 bridgehead atoms. The molecule has 0 fully saturated rings. The van der Waals surface area contributed by atoms with Crippen LogP contribution in [0.5, 0.6) is 0 Å². The Morgan fingerprint density at radius 2 is 2.23 bits per heavy atom. The number of nitriles is 1. The van der Waals surface area contributed by atoms with Crippen molar-refractivity contribution in [3.8, 4) is 6.19 Å². The van der Waals surface area contributed by atoms with Crippen molar-refractivity contribution in [1.82, 2.24) is 4.90 Å². The molecule has 0 aromatic rings. The molecule has 0 aromatic carbocycles. The number of nitrogens with zero attached hydrogens (tertiary/aromatic N) is 2. The van der Waals surface area contributed by atoms with Gasteiger partial charge in [0.25, 0.3) is 0 Å². The van der Waals surface area contributed by atoms with E-state index in [1.54, 1.807) is 13.1 Å². The summed E-state index contributed by atoms with van der Waals surface area (Å²) in [5.41, 5.74) is 4.98. The van der Waals surface area contributed by atoms with E-state index in [4.69, 9.17) is 11.0 Å². The molecule has 5 nitrogen and oxygen atoms in total. The number of carbonyl (C=O) groups excluding carboxylic acids is 2. The van der Waals surface area contributed by atoms with Gasteiger partial charge in [-0.3, -0.25) is 14.5 Å². The van der Waals surface area contributed by atoms with Crippen molar-refractivity contribution in [2.24, 2.45) is 11.7 Å². The Hall–Kier alpha value is -1.57. The number of primary amides is 1. The monoisotopic (exact) mass is 182 g/mol. The zero-order chi connectivity index (χ0) is 10.4. The van der Waals surface area contributed by atoms with Crippen LogP contribution in [-0.2, 0) is 9.59 Å². The van der Waals surface area contributed by atoms with Crippen LogP contribution in [0.4, 0.5) is 0 Å². The first-order chi connectivity index (χ1) is 5.99. The van der Waals surface area contributed by atoms with Crippen LogP contribution >= 0.6 is 0 Å². The molecule has 71 valence electrons. The summed E-state index contributed by atoms with van der Waals surface area (Å²) in [6, 6.07) is 0. The summed E-state index contributed by atoms with van der Waals surface area (Å²) < 4.78 is 0. The molecule has 0 saturated heterocycles. The van der Waals surface area contributed by atoms with Gasteiger partial charge in [0.1, 0.15) is 0 Å². The van der Waals surface area contributed by atoms with Crippen LogP contribution < -0.4 is 5.73 Å². The first kappa shape index (κ1) is 11.4. The van der Waals surface area contributed by atoms with Gasteiger partial charge < -0.3 is 5.73 Å². The minimum absolute atomic E-state index is 0.264. The van der Waals surface area contributed by atoms with Gasteiger partial charge in [0.05, 0.1) is 6.42 Å². The zero-order valence-electron chi connectivity index (χ0n) is 7.65. The predicted molar refractivity (Wildman–Crippen MR) is 45.7 cm³/mol. The summed E-state index contributed by atoms with van der Waals surface area (Å²) in [6.45, 7) is 1.62. The first-order valence-electron chi connectivity index (χ1n) is 3.79. The number of rotatable bonds is 4. The van der Waals surface area contributed by atoms with Crippen LogP contribution in [0.25, 0.3) is 0 Å². The van der Waals surface area contributed by atoms with Crippen molar-refractivity contribution < 1.29 is 9.59 Å². The van der Waals surface area contributed by atoms with E-state index in [1.807, 2.05) is 0 Å². The Labute approximate surface area is 77.1 Å². The molecule has 0 spiro atoms. The minimum atomic E-state index is -0.455. The third-order valence-electron chi connectivity index (χ3n) is 1.61. The zero-order valence-corrected chi connectivity index (χ0v) is 7.65. The standard InChI is InChI=1S/C8H12N3O2/c1-6(8(10)13)3-4-7(12)11(2)5-9/h4,6H,3H2,1-2H3,(H2,10,13)/t6-/m0/s1. The van der Waals surface area contributed by atoms with Gasteiger partial charge in [0, 0.05) is 13.0 Å². The minimum Gasteiger partial charge on any atom is -0.369 e. The third kappa shape index (κ3) is 4.11. The number of hydrogen-bond acceptors (Lipinski definition) is 3. The molecule has 0 aliphatic heterocycles.